The first-order valence-corrected chi connectivity index (χ1v) is 17.9. The lowest BCUT2D eigenvalue weighted by molar-refractivity contribution is 0.0725. The van der Waals surface area contributed by atoms with Crippen LogP contribution >= 0.6 is 11.6 Å². The number of rotatable bonds is 8. The van der Waals surface area contributed by atoms with Gasteiger partial charge in [-0.2, -0.15) is 0 Å². The minimum absolute atomic E-state index is 0.175. The molecule has 2 rings (SSSR count). The molecule has 0 amide bonds. The molecule has 4 nitrogen and oxygen atoms in total. The smallest absolute Gasteiger partial charge is 0.244 e. The predicted molar refractivity (Wildman–Crippen MR) is 138 cm³/mol. The average Bonchev–Trinajstić information content (AvgIpc) is 2.61. The normalized spacial score (nSPS) is 20.7. The standard InChI is InChI=1S/C24H40ClNO3Si2/c1-18(28-30(5,6)7)26-17-19-16-20(25)10-15-23(19)27-21-11-13-22(14-12-21)29-31(8,9)24(2,3)4/h10,15-17,21-22H,1,11-14H2,2-9H3/b26-17+/t21-,22+. The molecule has 31 heavy (non-hydrogen) atoms. The summed E-state index contributed by atoms with van der Waals surface area (Å²) in [4.78, 5) is 4.39. The van der Waals surface area contributed by atoms with Crippen molar-refractivity contribution in [2.24, 2.45) is 4.99 Å². The molecule has 1 fully saturated rings. The molecule has 0 saturated heterocycles. The van der Waals surface area contributed by atoms with Crippen LogP contribution in [0.4, 0.5) is 0 Å². The van der Waals surface area contributed by atoms with E-state index in [2.05, 4.69) is 65.1 Å². The number of nitrogens with zero attached hydrogens (tertiary/aromatic N) is 1. The van der Waals surface area contributed by atoms with Gasteiger partial charge in [0, 0.05) is 22.9 Å². The van der Waals surface area contributed by atoms with E-state index < -0.39 is 16.6 Å². The summed E-state index contributed by atoms with van der Waals surface area (Å²) in [6.07, 6.45) is 6.30. The Bertz CT molecular complexity index is 789. The van der Waals surface area contributed by atoms with Crippen molar-refractivity contribution in [3.63, 3.8) is 0 Å². The van der Waals surface area contributed by atoms with Gasteiger partial charge in [0.25, 0.3) is 0 Å². The van der Waals surface area contributed by atoms with Crippen LogP contribution in [0.3, 0.4) is 0 Å². The summed E-state index contributed by atoms with van der Waals surface area (Å²) in [5.41, 5.74) is 0.840. The van der Waals surface area contributed by atoms with Crippen molar-refractivity contribution in [1.82, 2.24) is 0 Å². The molecular formula is C24H40ClNO3Si2. The summed E-state index contributed by atoms with van der Waals surface area (Å²) in [6, 6.07) is 5.65. The lowest BCUT2D eigenvalue weighted by Gasteiger charge is -2.41. The van der Waals surface area contributed by atoms with E-state index in [1.807, 2.05) is 18.2 Å². The molecule has 0 atom stereocenters. The molecule has 0 spiro atoms. The van der Waals surface area contributed by atoms with E-state index in [-0.39, 0.29) is 11.1 Å². The number of halogens is 1. The van der Waals surface area contributed by atoms with Crippen LogP contribution in [0.5, 0.6) is 5.75 Å². The maximum absolute atomic E-state index is 6.61. The summed E-state index contributed by atoms with van der Waals surface area (Å²) in [5.74, 6) is 1.22. The van der Waals surface area contributed by atoms with Gasteiger partial charge in [-0.25, -0.2) is 4.99 Å². The molecular weight excluding hydrogens is 442 g/mol. The highest BCUT2D eigenvalue weighted by molar-refractivity contribution is 6.74. The predicted octanol–water partition coefficient (Wildman–Crippen LogP) is 7.79. The minimum Gasteiger partial charge on any atom is -0.532 e. The zero-order valence-electron chi connectivity index (χ0n) is 20.5. The molecule has 1 aliphatic carbocycles. The molecule has 0 radical (unpaired) electrons. The Labute approximate surface area is 196 Å². The van der Waals surface area contributed by atoms with Gasteiger partial charge in [0.1, 0.15) is 5.75 Å². The SMILES string of the molecule is C=C(/N=C/c1cc(Cl)ccc1O[C@H]1CC[C@@H](O[Si](C)(C)C(C)(C)C)CC1)O[Si](C)(C)C. The first-order valence-electron chi connectivity index (χ1n) is 11.2. The van der Waals surface area contributed by atoms with Gasteiger partial charge < -0.3 is 13.6 Å². The van der Waals surface area contributed by atoms with Crippen molar-refractivity contribution in [1.29, 1.82) is 0 Å². The second-order valence-electron chi connectivity index (χ2n) is 10.9. The van der Waals surface area contributed by atoms with Crippen molar-refractivity contribution < 1.29 is 13.6 Å². The molecule has 1 aliphatic rings. The molecule has 1 saturated carbocycles. The van der Waals surface area contributed by atoms with E-state index in [1.54, 1.807) is 6.21 Å². The van der Waals surface area contributed by atoms with Crippen LogP contribution in [0.2, 0.25) is 42.8 Å². The first kappa shape index (κ1) is 26.2. The molecule has 1 aromatic carbocycles. The van der Waals surface area contributed by atoms with Crippen molar-refractivity contribution in [3.8, 4) is 5.75 Å². The molecule has 1 aromatic rings. The lowest BCUT2D eigenvalue weighted by atomic mass is 9.95. The zero-order valence-corrected chi connectivity index (χ0v) is 23.3. The fraction of sp³-hybridized carbons (Fsp3) is 0.625. The number of benzene rings is 1. The monoisotopic (exact) mass is 481 g/mol. The first-order chi connectivity index (χ1) is 14.2. The van der Waals surface area contributed by atoms with Crippen molar-refractivity contribution in [2.75, 3.05) is 0 Å². The van der Waals surface area contributed by atoms with Crippen LogP contribution in [0.15, 0.2) is 35.7 Å². The summed E-state index contributed by atoms with van der Waals surface area (Å²) in [5, 5.41) is 0.887. The maximum Gasteiger partial charge on any atom is 0.244 e. The molecule has 174 valence electrons. The van der Waals surface area contributed by atoms with Gasteiger partial charge in [0.05, 0.1) is 6.10 Å². The van der Waals surface area contributed by atoms with Gasteiger partial charge in [0.15, 0.2) is 14.2 Å². The highest BCUT2D eigenvalue weighted by Gasteiger charge is 2.40. The molecule has 0 aromatic heterocycles. The fourth-order valence-corrected chi connectivity index (χ4v) is 5.65. The minimum atomic E-state index is -1.73. The highest BCUT2D eigenvalue weighted by Crippen LogP contribution is 2.39. The number of ether oxygens (including phenoxy) is 1. The summed E-state index contributed by atoms with van der Waals surface area (Å²) in [6.45, 7) is 21.8. The van der Waals surface area contributed by atoms with Crippen LogP contribution in [0, 0.1) is 0 Å². The zero-order chi connectivity index (χ0) is 23.4. The molecule has 0 heterocycles. The quantitative estimate of drug-likeness (QED) is 0.216. The summed E-state index contributed by atoms with van der Waals surface area (Å²) in [7, 11) is -3.47. The Morgan fingerprint density at radius 2 is 1.65 bits per heavy atom. The fourth-order valence-electron chi connectivity index (χ4n) is 3.29. The van der Waals surface area contributed by atoms with Crippen LogP contribution in [0.25, 0.3) is 0 Å². The number of hydrogen-bond acceptors (Lipinski definition) is 4. The number of aliphatic imine (C=N–C) groups is 1. The van der Waals surface area contributed by atoms with E-state index >= 15 is 0 Å². The van der Waals surface area contributed by atoms with Gasteiger partial charge in [-0.1, -0.05) is 32.4 Å². The Morgan fingerprint density at radius 3 is 2.19 bits per heavy atom. The van der Waals surface area contributed by atoms with Gasteiger partial charge in [-0.05, 0) is 88.2 Å². The third-order valence-electron chi connectivity index (χ3n) is 5.93. The Morgan fingerprint density at radius 1 is 1.06 bits per heavy atom. The third kappa shape index (κ3) is 8.41. The summed E-state index contributed by atoms with van der Waals surface area (Å²) >= 11 is 6.22. The molecule has 0 unspecified atom stereocenters. The van der Waals surface area contributed by atoms with Gasteiger partial charge in [0.2, 0.25) is 8.32 Å². The number of hydrogen-bond donors (Lipinski definition) is 0. The van der Waals surface area contributed by atoms with Crippen LogP contribution in [-0.4, -0.2) is 35.1 Å². The largest absolute Gasteiger partial charge is 0.532 e. The second-order valence-corrected chi connectivity index (χ2v) is 20.6. The van der Waals surface area contributed by atoms with Gasteiger partial charge in [-0.15, -0.1) is 0 Å². The van der Waals surface area contributed by atoms with Crippen molar-refractivity contribution in [3.05, 3.63) is 41.2 Å². The maximum atomic E-state index is 6.61. The van der Waals surface area contributed by atoms with E-state index in [1.165, 1.54) is 0 Å². The Hall–Kier alpha value is -1.09. The molecule has 0 N–H and O–H groups in total. The van der Waals surface area contributed by atoms with Crippen LogP contribution in [0.1, 0.15) is 52.0 Å². The Balaban J connectivity index is 1.99. The van der Waals surface area contributed by atoms with Crippen LogP contribution in [-0.2, 0) is 8.85 Å². The molecule has 0 aliphatic heterocycles. The average molecular weight is 482 g/mol. The van der Waals surface area contributed by atoms with E-state index in [0.29, 0.717) is 17.0 Å². The topological polar surface area (TPSA) is 40.0 Å². The van der Waals surface area contributed by atoms with Gasteiger partial charge in [-0.3, -0.25) is 0 Å². The molecule has 0 bridgehead atoms. The third-order valence-corrected chi connectivity index (χ3v) is 11.5. The van der Waals surface area contributed by atoms with Crippen molar-refractivity contribution in [2.45, 2.75) is 96.4 Å². The van der Waals surface area contributed by atoms with Gasteiger partial charge >= 0.3 is 0 Å². The van der Waals surface area contributed by atoms with E-state index in [0.717, 1.165) is 37.0 Å². The van der Waals surface area contributed by atoms with E-state index in [4.69, 9.17) is 25.2 Å². The highest BCUT2D eigenvalue weighted by atomic mass is 35.5. The van der Waals surface area contributed by atoms with Crippen LogP contribution < -0.4 is 4.74 Å². The molecule has 7 heteroatoms. The summed E-state index contributed by atoms with van der Waals surface area (Å²) < 4.78 is 18.8. The lowest BCUT2D eigenvalue weighted by Crippen LogP contribution is -2.45. The Kier molecular flexibility index (Phi) is 8.64. The van der Waals surface area contributed by atoms with E-state index in [9.17, 15) is 0 Å². The van der Waals surface area contributed by atoms with Crippen molar-refractivity contribution >= 4 is 34.5 Å². The second kappa shape index (κ2) is 10.2.